The monoisotopic (exact) mass is 199 g/mol. The first kappa shape index (κ1) is 11.2. The smallest absolute Gasteiger partial charge is 0.330 e. The SMILES string of the molecule is C=CC(=O)OC(C)CC1(N)OC1(C)C. The Kier molecular flexibility index (Phi) is 2.69. The zero-order valence-corrected chi connectivity index (χ0v) is 8.87. The molecule has 2 N–H and O–H groups in total. The van der Waals surface area contributed by atoms with Crippen LogP contribution >= 0.6 is 0 Å². The van der Waals surface area contributed by atoms with Crippen LogP contribution in [0.15, 0.2) is 12.7 Å². The van der Waals surface area contributed by atoms with Crippen molar-refractivity contribution >= 4 is 5.97 Å². The van der Waals surface area contributed by atoms with Gasteiger partial charge in [0.25, 0.3) is 0 Å². The Morgan fingerprint density at radius 1 is 1.71 bits per heavy atom. The number of esters is 1. The molecule has 0 bridgehead atoms. The van der Waals surface area contributed by atoms with Crippen LogP contribution in [0.3, 0.4) is 0 Å². The molecule has 0 aliphatic carbocycles. The predicted molar refractivity (Wildman–Crippen MR) is 52.5 cm³/mol. The third kappa shape index (κ3) is 2.13. The molecule has 1 saturated heterocycles. The molecule has 14 heavy (non-hydrogen) atoms. The standard InChI is InChI=1S/C10H17NO3/c1-5-8(12)13-7(2)6-10(11)9(3,4)14-10/h5,7H,1,6,11H2,2-4H3. The maximum absolute atomic E-state index is 10.9. The molecule has 2 atom stereocenters. The van der Waals surface area contributed by atoms with Crippen molar-refractivity contribution in [3.63, 3.8) is 0 Å². The van der Waals surface area contributed by atoms with E-state index in [2.05, 4.69) is 6.58 Å². The van der Waals surface area contributed by atoms with Crippen molar-refractivity contribution in [2.45, 2.75) is 44.6 Å². The molecule has 80 valence electrons. The van der Waals surface area contributed by atoms with E-state index in [1.807, 2.05) is 13.8 Å². The normalized spacial score (nSPS) is 30.6. The van der Waals surface area contributed by atoms with Crippen LogP contribution in [0.2, 0.25) is 0 Å². The van der Waals surface area contributed by atoms with Crippen molar-refractivity contribution in [1.82, 2.24) is 0 Å². The lowest BCUT2D eigenvalue weighted by Gasteiger charge is -2.15. The van der Waals surface area contributed by atoms with Gasteiger partial charge in [-0.15, -0.1) is 0 Å². The maximum atomic E-state index is 10.9. The molecule has 0 aromatic carbocycles. The van der Waals surface area contributed by atoms with Crippen molar-refractivity contribution in [2.75, 3.05) is 0 Å². The number of epoxide rings is 1. The number of nitrogens with two attached hydrogens (primary N) is 1. The Labute approximate surface area is 84.1 Å². The summed E-state index contributed by atoms with van der Waals surface area (Å²) < 4.78 is 10.3. The van der Waals surface area contributed by atoms with E-state index in [9.17, 15) is 4.79 Å². The highest BCUT2D eigenvalue weighted by molar-refractivity contribution is 5.81. The first-order valence-electron chi connectivity index (χ1n) is 4.63. The van der Waals surface area contributed by atoms with Crippen LogP contribution < -0.4 is 5.73 Å². The number of carbonyl (C=O) groups excluding carboxylic acids is 1. The van der Waals surface area contributed by atoms with Crippen LogP contribution in [-0.2, 0) is 14.3 Å². The van der Waals surface area contributed by atoms with Crippen molar-refractivity contribution in [2.24, 2.45) is 5.73 Å². The predicted octanol–water partition coefficient (Wildman–Crippen LogP) is 0.958. The van der Waals surface area contributed by atoms with Gasteiger partial charge in [0.15, 0.2) is 0 Å². The van der Waals surface area contributed by atoms with E-state index < -0.39 is 11.7 Å². The Morgan fingerprint density at radius 2 is 2.21 bits per heavy atom. The van der Waals surface area contributed by atoms with E-state index in [0.717, 1.165) is 6.08 Å². The molecule has 2 unspecified atom stereocenters. The van der Waals surface area contributed by atoms with Crippen molar-refractivity contribution in [1.29, 1.82) is 0 Å². The van der Waals surface area contributed by atoms with Gasteiger partial charge in [0.1, 0.15) is 17.4 Å². The van der Waals surface area contributed by atoms with Crippen molar-refractivity contribution in [3.8, 4) is 0 Å². The highest BCUT2D eigenvalue weighted by Gasteiger charge is 2.61. The van der Waals surface area contributed by atoms with Crippen LogP contribution in [0, 0.1) is 0 Å². The van der Waals surface area contributed by atoms with Gasteiger partial charge in [0, 0.05) is 12.5 Å². The average Bonchev–Trinajstić information content (AvgIpc) is 2.49. The third-order valence-electron chi connectivity index (χ3n) is 2.49. The highest BCUT2D eigenvalue weighted by Crippen LogP contribution is 2.46. The molecule has 0 spiro atoms. The van der Waals surface area contributed by atoms with E-state index >= 15 is 0 Å². The molecule has 0 radical (unpaired) electrons. The molecule has 1 aliphatic rings. The van der Waals surface area contributed by atoms with E-state index in [1.54, 1.807) is 6.92 Å². The van der Waals surface area contributed by atoms with Crippen LogP contribution in [0.25, 0.3) is 0 Å². The Balaban J connectivity index is 2.39. The summed E-state index contributed by atoms with van der Waals surface area (Å²) in [5.41, 5.74) is 4.93. The van der Waals surface area contributed by atoms with Gasteiger partial charge in [-0.25, -0.2) is 4.79 Å². The zero-order valence-electron chi connectivity index (χ0n) is 8.87. The average molecular weight is 199 g/mol. The highest BCUT2D eigenvalue weighted by atomic mass is 16.6. The summed E-state index contributed by atoms with van der Waals surface area (Å²) in [5.74, 6) is -0.431. The zero-order chi connectivity index (χ0) is 11.0. The second kappa shape index (κ2) is 3.37. The summed E-state index contributed by atoms with van der Waals surface area (Å²) >= 11 is 0. The fourth-order valence-corrected chi connectivity index (χ4v) is 1.43. The number of hydrogen-bond acceptors (Lipinski definition) is 4. The van der Waals surface area contributed by atoms with Crippen molar-refractivity contribution < 1.29 is 14.3 Å². The summed E-state index contributed by atoms with van der Waals surface area (Å²) in [6.45, 7) is 8.93. The first-order chi connectivity index (χ1) is 6.31. The Morgan fingerprint density at radius 3 is 2.57 bits per heavy atom. The lowest BCUT2D eigenvalue weighted by molar-refractivity contribution is -0.142. The molecule has 1 rings (SSSR count). The molecule has 1 aliphatic heterocycles. The van der Waals surface area contributed by atoms with Crippen LogP contribution in [0.1, 0.15) is 27.2 Å². The van der Waals surface area contributed by atoms with Gasteiger partial charge < -0.3 is 15.2 Å². The number of hydrogen-bond donors (Lipinski definition) is 1. The molecule has 4 heteroatoms. The molecular formula is C10H17NO3. The minimum absolute atomic E-state index is 0.257. The lowest BCUT2D eigenvalue weighted by Crippen LogP contribution is -2.36. The van der Waals surface area contributed by atoms with E-state index in [1.165, 1.54) is 0 Å². The topological polar surface area (TPSA) is 64.8 Å². The first-order valence-corrected chi connectivity index (χ1v) is 4.63. The van der Waals surface area contributed by atoms with Crippen LogP contribution in [0.5, 0.6) is 0 Å². The van der Waals surface area contributed by atoms with Gasteiger partial charge in [0.2, 0.25) is 0 Å². The summed E-state index contributed by atoms with van der Waals surface area (Å²) in [7, 11) is 0. The second-order valence-corrected chi connectivity index (χ2v) is 4.16. The summed E-state index contributed by atoms with van der Waals surface area (Å²) in [6.07, 6.45) is 1.38. The summed E-state index contributed by atoms with van der Waals surface area (Å²) in [5, 5.41) is 0. The minimum Gasteiger partial charge on any atom is -0.459 e. The molecule has 1 fully saturated rings. The fourth-order valence-electron chi connectivity index (χ4n) is 1.43. The van der Waals surface area contributed by atoms with Crippen LogP contribution in [-0.4, -0.2) is 23.4 Å². The molecule has 0 amide bonds. The molecular weight excluding hydrogens is 182 g/mol. The van der Waals surface area contributed by atoms with Crippen molar-refractivity contribution in [3.05, 3.63) is 12.7 Å². The molecule has 1 heterocycles. The van der Waals surface area contributed by atoms with Gasteiger partial charge in [-0.05, 0) is 20.8 Å². The molecule has 4 nitrogen and oxygen atoms in total. The number of rotatable bonds is 4. The van der Waals surface area contributed by atoms with Gasteiger partial charge in [0.05, 0.1) is 0 Å². The Bertz CT molecular complexity index is 262. The maximum Gasteiger partial charge on any atom is 0.330 e. The second-order valence-electron chi connectivity index (χ2n) is 4.16. The van der Waals surface area contributed by atoms with Gasteiger partial charge in [-0.3, -0.25) is 0 Å². The molecule has 0 saturated carbocycles. The summed E-state index contributed by atoms with van der Waals surface area (Å²) in [4.78, 5) is 10.9. The Hall–Kier alpha value is -0.870. The fraction of sp³-hybridized carbons (Fsp3) is 0.700. The number of ether oxygens (including phenoxy) is 2. The van der Waals surface area contributed by atoms with E-state index in [-0.39, 0.29) is 11.7 Å². The van der Waals surface area contributed by atoms with E-state index in [4.69, 9.17) is 15.2 Å². The quantitative estimate of drug-likeness (QED) is 0.416. The van der Waals surface area contributed by atoms with Gasteiger partial charge in [-0.1, -0.05) is 6.58 Å². The number of carbonyl (C=O) groups is 1. The minimum atomic E-state index is -0.659. The van der Waals surface area contributed by atoms with E-state index in [0.29, 0.717) is 6.42 Å². The molecule has 0 aromatic heterocycles. The largest absolute Gasteiger partial charge is 0.459 e. The van der Waals surface area contributed by atoms with Gasteiger partial charge >= 0.3 is 5.97 Å². The lowest BCUT2D eigenvalue weighted by atomic mass is 10.00. The van der Waals surface area contributed by atoms with Gasteiger partial charge in [-0.2, -0.15) is 0 Å². The summed E-state index contributed by atoms with van der Waals surface area (Å²) in [6, 6.07) is 0. The molecule has 0 aromatic rings. The third-order valence-corrected chi connectivity index (χ3v) is 2.49. The van der Waals surface area contributed by atoms with Crippen LogP contribution in [0.4, 0.5) is 0 Å².